The largest absolute Gasteiger partial charge is 0.469 e. The number of nitrogens with one attached hydrogen (secondary N) is 1. The maximum atomic E-state index is 12.2. The molecule has 1 aromatic heterocycles. The van der Waals surface area contributed by atoms with Gasteiger partial charge < -0.3 is 14.8 Å². The van der Waals surface area contributed by atoms with Crippen LogP contribution in [-0.2, 0) is 22.6 Å². The summed E-state index contributed by atoms with van der Waals surface area (Å²) in [5.74, 6) is 0.167. The third kappa shape index (κ3) is 2.19. The number of hydrogen-bond acceptors (Lipinski definition) is 4. The van der Waals surface area contributed by atoms with Crippen LogP contribution in [0.5, 0.6) is 0 Å². The SMILES string of the molecule is CCN1C[C@H](C(=O)OC)C[C@@H]2c3cccc4[nH]c(CO)c(c34)C[C@H]21. The molecule has 24 heavy (non-hydrogen) atoms. The van der Waals surface area contributed by atoms with E-state index in [2.05, 4.69) is 35.0 Å². The molecule has 1 aromatic carbocycles. The Hall–Kier alpha value is -1.85. The smallest absolute Gasteiger partial charge is 0.309 e. The van der Waals surface area contributed by atoms with E-state index >= 15 is 0 Å². The van der Waals surface area contributed by atoms with Gasteiger partial charge in [-0.1, -0.05) is 19.1 Å². The molecule has 5 heteroatoms. The first-order valence-electron chi connectivity index (χ1n) is 8.73. The summed E-state index contributed by atoms with van der Waals surface area (Å²) in [6.45, 7) is 3.86. The highest BCUT2D eigenvalue weighted by Crippen LogP contribution is 2.45. The first-order chi connectivity index (χ1) is 11.7. The number of rotatable bonds is 3. The van der Waals surface area contributed by atoms with E-state index < -0.39 is 0 Å². The number of aromatic nitrogens is 1. The number of benzene rings is 1. The van der Waals surface area contributed by atoms with Gasteiger partial charge in [-0.3, -0.25) is 9.69 Å². The highest BCUT2D eigenvalue weighted by molar-refractivity contribution is 5.90. The molecule has 1 aliphatic carbocycles. The Morgan fingerprint density at radius 1 is 1.46 bits per heavy atom. The molecule has 0 amide bonds. The van der Waals surface area contributed by atoms with Gasteiger partial charge >= 0.3 is 5.97 Å². The molecule has 2 aliphatic rings. The van der Waals surface area contributed by atoms with Crippen LogP contribution in [0.2, 0.25) is 0 Å². The number of piperidine rings is 1. The van der Waals surface area contributed by atoms with Crippen molar-refractivity contribution in [2.75, 3.05) is 20.2 Å². The maximum Gasteiger partial charge on any atom is 0.309 e. The number of fused-ring (bicyclic) bond motifs is 2. The summed E-state index contributed by atoms with van der Waals surface area (Å²) in [7, 11) is 1.48. The van der Waals surface area contributed by atoms with Crippen LogP contribution in [0.4, 0.5) is 0 Å². The Balaban J connectivity index is 1.83. The van der Waals surface area contributed by atoms with E-state index in [0.29, 0.717) is 12.0 Å². The number of ether oxygens (including phenoxy) is 1. The van der Waals surface area contributed by atoms with Crippen molar-refractivity contribution < 1.29 is 14.6 Å². The normalized spacial score (nSPS) is 26.4. The summed E-state index contributed by atoms with van der Waals surface area (Å²) >= 11 is 0. The average molecular weight is 328 g/mol. The molecule has 1 aliphatic heterocycles. The molecule has 0 saturated carbocycles. The molecule has 0 unspecified atom stereocenters. The van der Waals surface area contributed by atoms with E-state index in [1.807, 2.05) is 0 Å². The van der Waals surface area contributed by atoms with Gasteiger partial charge in [0.2, 0.25) is 0 Å². The second-order valence-electron chi connectivity index (χ2n) is 6.93. The van der Waals surface area contributed by atoms with Crippen LogP contribution in [0.3, 0.4) is 0 Å². The minimum atomic E-state index is -0.102. The standard InChI is InChI=1S/C19H24N2O3/c1-3-21-9-11(19(23)24-2)7-13-12-5-4-6-15-18(12)14(8-17(13)21)16(10-22)20-15/h4-6,11,13,17,20,22H,3,7-10H2,1-2H3/t11-,13-,17-/m1/s1. The number of aromatic amines is 1. The third-order valence-electron chi connectivity index (χ3n) is 5.89. The fraction of sp³-hybridized carbons (Fsp3) is 0.526. The summed E-state index contributed by atoms with van der Waals surface area (Å²) in [5.41, 5.74) is 4.58. The van der Waals surface area contributed by atoms with E-state index in [1.165, 1.54) is 23.6 Å². The molecule has 2 heterocycles. The Bertz CT molecular complexity index is 782. The molecule has 4 rings (SSSR count). The number of likely N-dealkylation sites (tertiary alicyclic amines) is 1. The van der Waals surface area contributed by atoms with Crippen molar-refractivity contribution in [2.24, 2.45) is 5.92 Å². The van der Waals surface area contributed by atoms with Crippen LogP contribution in [0.15, 0.2) is 18.2 Å². The van der Waals surface area contributed by atoms with Gasteiger partial charge in [-0.05, 0) is 36.6 Å². The Morgan fingerprint density at radius 3 is 3.00 bits per heavy atom. The van der Waals surface area contributed by atoms with E-state index in [-0.39, 0.29) is 18.5 Å². The highest BCUT2D eigenvalue weighted by atomic mass is 16.5. The van der Waals surface area contributed by atoms with Crippen molar-refractivity contribution in [3.05, 3.63) is 35.0 Å². The van der Waals surface area contributed by atoms with E-state index in [1.54, 1.807) is 0 Å². The molecule has 1 saturated heterocycles. The van der Waals surface area contributed by atoms with Crippen molar-refractivity contribution in [2.45, 2.75) is 38.3 Å². The Labute approximate surface area is 141 Å². The fourth-order valence-corrected chi connectivity index (χ4v) is 4.80. The number of H-pyrrole nitrogens is 1. The average Bonchev–Trinajstić information content (AvgIpc) is 2.99. The number of nitrogens with zero attached hydrogens (tertiary/aromatic N) is 1. The Morgan fingerprint density at radius 2 is 2.29 bits per heavy atom. The number of esters is 1. The highest BCUT2D eigenvalue weighted by Gasteiger charge is 2.43. The predicted molar refractivity (Wildman–Crippen MR) is 91.8 cm³/mol. The van der Waals surface area contributed by atoms with Gasteiger partial charge in [0.15, 0.2) is 0 Å². The van der Waals surface area contributed by atoms with E-state index in [9.17, 15) is 9.90 Å². The molecule has 0 spiro atoms. The lowest BCUT2D eigenvalue weighted by Gasteiger charge is -2.46. The third-order valence-corrected chi connectivity index (χ3v) is 5.89. The van der Waals surface area contributed by atoms with Crippen molar-refractivity contribution in [1.82, 2.24) is 9.88 Å². The summed E-state index contributed by atoms with van der Waals surface area (Å²) < 4.78 is 5.02. The molecule has 1 fully saturated rings. The van der Waals surface area contributed by atoms with E-state index in [0.717, 1.165) is 37.1 Å². The number of carbonyl (C=O) groups excluding carboxylic acids is 1. The van der Waals surface area contributed by atoms with Gasteiger partial charge in [-0.25, -0.2) is 0 Å². The van der Waals surface area contributed by atoms with Crippen molar-refractivity contribution in [3.8, 4) is 0 Å². The summed E-state index contributed by atoms with van der Waals surface area (Å²) in [6.07, 6.45) is 1.77. The summed E-state index contributed by atoms with van der Waals surface area (Å²) in [6, 6.07) is 6.71. The number of aliphatic hydroxyl groups excluding tert-OH is 1. The van der Waals surface area contributed by atoms with Crippen molar-refractivity contribution in [3.63, 3.8) is 0 Å². The molecule has 3 atom stereocenters. The van der Waals surface area contributed by atoms with E-state index in [4.69, 9.17) is 4.74 Å². The quantitative estimate of drug-likeness (QED) is 0.848. The minimum Gasteiger partial charge on any atom is -0.469 e. The van der Waals surface area contributed by atoms with Gasteiger partial charge in [0.1, 0.15) is 0 Å². The molecular weight excluding hydrogens is 304 g/mol. The molecule has 0 bridgehead atoms. The van der Waals surface area contributed by atoms with Crippen LogP contribution in [0.1, 0.15) is 36.1 Å². The van der Waals surface area contributed by atoms with Gasteiger partial charge in [-0.15, -0.1) is 0 Å². The molecule has 5 nitrogen and oxygen atoms in total. The second-order valence-corrected chi connectivity index (χ2v) is 6.93. The van der Waals surface area contributed by atoms with Crippen LogP contribution in [-0.4, -0.2) is 47.2 Å². The Kier molecular flexibility index (Phi) is 3.85. The van der Waals surface area contributed by atoms with Gasteiger partial charge in [-0.2, -0.15) is 0 Å². The van der Waals surface area contributed by atoms with Crippen LogP contribution in [0, 0.1) is 5.92 Å². The number of carbonyl (C=O) groups is 1. The van der Waals surface area contributed by atoms with Crippen molar-refractivity contribution >= 4 is 16.9 Å². The zero-order valence-electron chi connectivity index (χ0n) is 14.2. The summed E-state index contributed by atoms with van der Waals surface area (Å²) in [5, 5.41) is 11.0. The zero-order chi connectivity index (χ0) is 16.8. The minimum absolute atomic E-state index is 0.0394. The zero-order valence-corrected chi connectivity index (χ0v) is 14.2. The van der Waals surface area contributed by atoms with Crippen LogP contribution >= 0.6 is 0 Å². The maximum absolute atomic E-state index is 12.2. The van der Waals surface area contributed by atoms with Gasteiger partial charge in [0, 0.05) is 35.1 Å². The first kappa shape index (κ1) is 15.7. The number of likely N-dealkylation sites (N-methyl/N-ethyl adjacent to an activating group) is 1. The second kappa shape index (κ2) is 5.90. The monoisotopic (exact) mass is 328 g/mol. The topological polar surface area (TPSA) is 65.6 Å². The fourth-order valence-electron chi connectivity index (χ4n) is 4.80. The molecule has 0 radical (unpaired) electrons. The van der Waals surface area contributed by atoms with Crippen molar-refractivity contribution in [1.29, 1.82) is 0 Å². The number of aliphatic hydroxyl groups is 1. The predicted octanol–water partition coefficient (Wildman–Crippen LogP) is 2.18. The first-order valence-corrected chi connectivity index (χ1v) is 8.73. The van der Waals surface area contributed by atoms with Gasteiger partial charge in [0.05, 0.1) is 19.6 Å². The van der Waals surface area contributed by atoms with Gasteiger partial charge in [0.25, 0.3) is 0 Å². The lowest BCUT2D eigenvalue weighted by Crippen LogP contribution is -2.51. The lowest BCUT2D eigenvalue weighted by molar-refractivity contribution is -0.148. The molecule has 128 valence electrons. The van der Waals surface area contributed by atoms with Crippen LogP contribution in [0.25, 0.3) is 10.9 Å². The number of hydrogen-bond donors (Lipinski definition) is 2. The molecule has 2 aromatic rings. The molecular formula is C19H24N2O3. The summed E-state index contributed by atoms with van der Waals surface area (Å²) in [4.78, 5) is 17.9. The lowest BCUT2D eigenvalue weighted by atomic mass is 9.72. The molecule has 2 N–H and O–H groups in total. The number of methoxy groups -OCH3 is 1. The van der Waals surface area contributed by atoms with Crippen LogP contribution < -0.4 is 0 Å².